The van der Waals surface area contributed by atoms with E-state index in [1.807, 2.05) is 6.92 Å². The first kappa shape index (κ1) is 19.7. The van der Waals surface area contributed by atoms with Gasteiger partial charge in [0, 0.05) is 29.2 Å². The number of rotatable bonds is 6. The van der Waals surface area contributed by atoms with Crippen molar-refractivity contribution < 1.29 is 14.3 Å². The monoisotopic (exact) mass is 405 g/mol. The molecule has 0 saturated carbocycles. The van der Waals surface area contributed by atoms with E-state index in [4.69, 9.17) is 16.3 Å². The second kappa shape index (κ2) is 8.01. The van der Waals surface area contributed by atoms with Crippen molar-refractivity contribution in [3.8, 4) is 0 Å². The molecule has 0 aromatic heterocycles. The van der Waals surface area contributed by atoms with Crippen LogP contribution >= 0.6 is 11.6 Å². The lowest BCUT2D eigenvalue weighted by molar-refractivity contribution is -0.133. The molecule has 3 saturated heterocycles. The third kappa shape index (κ3) is 4.34. The minimum absolute atomic E-state index is 0.0763. The standard InChI is InChI=1S/C21H28ClN3O3/c1-21(12-28-13-21)24-19(26)11-25-17-5-6-18(25)8-14(7-17)10-23-20(27)15-3-2-4-16(22)9-15/h2-4,9,14,17-18H,5-8,10-13H2,1H3,(H,23,27)(H,24,26). The molecule has 1 aromatic rings. The molecule has 3 heterocycles. The Morgan fingerprint density at radius 3 is 2.57 bits per heavy atom. The summed E-state index contributed by atoms with van der Waals surface area (Å²) < 4.78 is 5.21. The molecule has 3 aliphatic heterocycles. The van der Waals surface area contributed by atoms with Crippen LogP contribution < -0.4 is 10.6 Å². The minimum atomic E-state index is -0.195. The van der Waals surface area contributed by atoms with Gasteiger partial charge in [-0.15, -0.1) is 0 Å². The van der Waals surface area contributed by atoms with Crippen LogP contribution in [0.1, 0.15) is 43.0 Å². The van der Waals surface area contributed by atoms with Crippen molar-refractivity contribution in [2.24, 2.45) is 5.92 Å². The van der Waals surface area contributed by atoms with E-state index in [1.165, 1.54) is 0 Å². The summed E-state index contributed by atoms with van der Waals surface area (Å²) in [5, 5.41) is 6.74. The molecular formula is C21H28ClN3O3. The first-order valence-corrected chi connectivity index (χ1v) is 10.5. The quantitative estimate of drug-likeness (QED) is 0.761. The van der Waals surface area contributed by atoms with Crippen LogP contribution in [0.15, 0.2) is 24.3 Å². The Morgan fingerprint density at radius 2 is 1.96 bits per heavy atom. The molecule has 28 heavy (non-hydrogen) atoms. The Labute approximate surface area is 170 Å². The van der Waals surface area contributed by atoms with E-state index in [2.05, 4.69) is 15.5 Å². The number of carbonyl (C=O) groups is 2. The number of halogens is 1. The Morgan fingerprint density at radius 1 is 1.25 bits per heavy atom. The van der Waals surface area contributed by atoms with Gasteiger partial charge in [0.2, 0.25) is 5.91 Å². The zero-order chi connectivity index (χ0) is 19.7. The molecule has 2 atom stereocenters. The highest BCUT2D eigenvalue weighted by Crippen LogP contribution is 2.38. The zero-order valence-electron chi connectivity index (χ0n) is 16.2. The van der Waals surface area contributed by atoms with Gasteiger partial charge in [0.1, 0.15) is 0 Å². The Bertz CT molecular complexity index is 738. The van der Waals surface area contributed by atoms with Crippen LogP contribution in [0, 0.1) is 5.92 Å². The summed E-state index contributed by atoms with van der Waals surface area (Å²) in [6.07, 6.45) is 4.33. The number of amides is 2. The fraction of sp³-hybridized carbons (Fsp3) is 0.619. The van der Waals surface area contributed by atoms with Gasteiger partial charge in [0.25, 0.3) is 5.91 Å². The van der Waals surface area contributed by atoms with Gasteiger partial charge >= 0.3 is 0 Å². The summed E-state index contributed by atoms with van der Waals surface area (Å²) >= 11 is 5.97. The number of ether oxygens (including phenoxy) is 1. The van der Waals surface area contributed by atoms with Crippen molar-refractivity contribution in [2.45, 2.75) is 50.2 Å². The normalized spacial score (nSPS) is 28.4. The highest BCUT2D eigenvalue weighted by molar-refractivity contribution is 6.30. The molecule has 4 rings (SSSR count). The van der Waals surface area contributed by atoms with Crippen molar-refractivity contribution in [3.63, 3.8) is 0 Å². The number of piperidine rings is 1. The number of hydrogen-bond acceptors (Lipinski definition) is 4. The second-order valence-corrected chi connectivity index (χ2v) is 9.15. The number of carbonyl (C=O) groups excluding carboxylic acids is 2. The summed E-state index contributed by atoms with van der Waals surface area (Å²) in [6, 6.07) is 7.89. The van der Waals surface area contributed by atoms with Gasteiger partial charge in [-0.2, -0.15) is 0 Å². The number of nitrogens with one attached hydrogen (secondary N) is 2. The molecule has 2 N–H and O–H groups in total. The van der Waals surface area contributed by atoms with Gasteiger partial charge in [-0.05, 0) is 56.7 Å². The average Bonchev–Trinajstić information content (AvgIpc) is 2.87. The molecule has 0 radical (unpaired) electrons. The van der Waals surface area contributed by atoms with E-state index in [0.29, 0.717) is 54.9 Å². The minimum Gasteiger partial charge on any atom is -0.376 e. The molecule has 0 spiro atoms. The first-order chi connectivity index (χ1) is 13.4. The molecule has 3 aliphatic rings. The van der Waals surface area contributed by atoms with Gasteiger partial charge < -0.3 is 15.4 Å². The van der Waals surface area contributed by atoms with Crippen molar-refractivity contribution >= 4 is 23.4 Å². The molecule has 3 fully saturated rings. The van der Waals surface area contributed by atoms with Gasteiger partial charge in [-0.25, -0.2) is 0 Å². The van der Waals surface area contributed by atoms with Crippen LogP contribution in [0.4, 0.5) is 0 Å². The van der Waals surface area contributed by atoms with E-state index in [9.17, 15) is 9.59 Å². The van der Waals surface area contributed by atoms with Crippen molar-refractivity contribution in [2.75, 3.05) is 26.3 Å². The molecule has 2 unspecified atom stereocenters. The summed E-state index contributed by atoms with van der Waals surface area (Å²) in [5.74, 6) is 0.473. The lowest BCUT2D eigenvalue weighted by atomic mass is 9.90. The lowest BCUT2D eigenvalue weighted by Crippen LogP contribution is -2.62. The van der Waals surface area contributed by atoms with Crippen LogP contribution in [0.5, 0.6) is 0 Å². The Kier molecular flexibility index (Phi) is 5.63. The SMILES string of the molecule is CC1(NC(=O)CN2C3CCC2CC(CNC(=O)c2cccc(Cl)c2)C3)COC1. The van der Waals surface area contributed by atoms with Crippen LogP contribution in [0.25, 0.3) is 0 Å². The zero-order valence-corrected chi connectivity index (χ0v) is 17.0. The highest BCUT2D eigenvalue weighted by Gasteiger charge is 2.42. The number of fused-ring (bicyclic) bond motifs is 2. The van der Waals surface area contributed by atoms with E-state index in [-0.39, 0.29) is 17.4 Å². The fourth-order valence-electron chi connectivity index (χ4n) is 4.80. The van der Waals surface area contributed by atoms with Gasteiger partial charge in [0.15, 0.2) is 0 Å². The third-order valence-corrected chi connectivity index (χ3v) is 6.46. The van der Waals surface area contributed by atoms with Crippen LogP contribution in [0.3, 0.4) is 0 Å². The summed E-state index contributed by atoms with van der Waals surface area (Å²) in [4.78, 5) is 27.2. The van der Waals surface area contributed by atoms with E-state index < -0.39 is 0 Å². The van der Waals surface area contributed by atoms with Gasteiger partial charge in [-0.1, -0.05) is 17.7 Å². The van der Waals surface area contributed by atoms with E-state index in [0.717, 1.165) is 25.7 Å². The van der Waals surface area contributed by atoms with Crippen LogP contribution in [-0.2, 0) is 9.53 Å². The first-order valence-electron chi connectivity index (χ1n) is 10.1. The fourth-order valence-corrected chi connectivity index (χ4v) is 4.99. The van der Waals surface area contributed by atoms with Crippen molar-refractivity contribution in [1.82, 2.24) is 15.5 Å². The summed E-state index contributed by atoms with van der Waals surface area (Å²) in [7, 11) is 0. The predicted octanol–water partition coefficient (Wildman–Crippen LogP) is 2.22. The molecule has 2 amide bonds. The third-order valence-electron chi connectivity index (χ3n) is 6.23. The van der Waals surface area contributed by atoms with E-state index >= 15 is 0 Å². The lowest BCUT2D eigenvalue weighted by Gasteiger charge is -2.41. The average molecular weight is 406 g/mol. The molecular weight excluding hydrogens is 378 g/mol. The van der Waals surface area contributed by atoms with Crippen molar-refractivity contribution in [1.29, 1.82) is 0 Å². The second-order valence-electron chi connectivity index (χ2n) is 8.72. The molecule has 0 aliphatic carbocycles. The molecule has 152 valence electrons. The highest BCUT2D eigenvalue weighted by atomic mass is 35.5. The largest absolute Gasteiger partial charge is 0.376 e. The maximum absolute atomic E-state index is 12.4. The van der Waals surface area contributed by atoms with Crippen LogP contribution in [-0.4, -0.2) is 60.6 Å². The number of hydrogen-bond donors (Lipinski definition) is 2. The van der Waals surface area contributed by atoms with Gasteiger partial charge in [-0.3, -0.25) is 14.5 Å². The topological polar surface area (TPSA) is 70.7 Å². The summed E-state index contributed by atoms with van der Waals surface area (Å²) in [5.41, 5.74) is 0.400. The Hall–Kier alpha value is -1.63. The van der Waals surface area contributed by atoms with Crippen LogP contribution in [0.2, 0.25) is 5.02 Å². The Balaban J connectivity index is 1.26. The predicted molar refractivity (Wildman–Crippen MR) is 107 cm³/mol. The smallest absolute Gasteiger partial charge is 0.251 e. The van der Waals surface area contributed by atoms with E-state index in [1.54, 1.807) is 24.3 Å². The maximum atomic E-state index is 12.4. The molecule has 1 aromatic carbocycles. The molecule has 7 heteroatoms. The summed E-state index contributed by atoms with van der Waals surface area (Å²) in [6.45, 7) is 4.36. The van der Waals surface area contributed by atoms with Crippen molar-refractivity contribution in [3.05, 3.63) is 34.9 Å². The molecule has 6 nitrogen and oxygen atoms in total. The number of nitrogens with zero attached hydrogens (tertiary/aromatic N) is 1. The van der Waals surface area contributed by atoms with Gasteiger partial charge in [0.05, 0.1) is 25.3 Å². The number of benzene rings is 1. The maximum Gasteiger partial charge on any atom is 0.251 e. The molecule has 2 bridgehead atoms.